The van der Waals surface area contributed by atoms with Gasteiger partial charge in [-0.25, -0.2) is 4.79 Å². The molecule has 0 bridgehead atoms. The number of ether oxygens (including phenoxy) is 2. The van der Waals surface area contributed by atoms with Gasteiger partial charge in [-0.2, -0.15) is 0 Å². The summed E-state index contributed by atoms with van der Waals surface area (Å²) in [5, 5.41) is 1.04. The van der Waals surface area contributed by atoms with Crippen molar-refractivity contribution in [2.24, 2.45) is 0 Å². The molecule has 2 aromatic rings. The number of fused-ring (bicyclic) bond motifs is 1. The minimum absolute atomic E-state index is 0.118. The average Bonchev–Trinajstić information content (AvgIpc) is 2.73. The number of carbonyl (C=O) groups is 1. The number of hydrogen-bond donors (Lipinski definition) is 0. The summed E-state index contributed by atoms with van der Waals surface area (Å²) in [7, 11) is 2.81. The molecule has 1 heterocycles. The van der Waals surface area contributed by atoms with E-state index in [4.69, 9.17) is 20.8 Å². The van der Waals surface area contributed by atoms with E-state index in [-0.39, 0.29) is 5.76 Å². The zero-order chi connectivity index (χ0) is 11.7. The van der Waals surface area contributed by atoms with Gasteiger partial charge < -0.3 is 13.9 Å². The predicted octanol–water partition coefficient (Wildman–Crippen LogP) is 2.88. The lowest BCUT2D eigenvalue weighted by atomic mass is 10.2. The Bertz CT molecular complexity index is 544. The van der Waals surface area contributed by atoms with E-state index in [1.54, 1.807) is 12.1 Å². The summed E-state index contributed by atoms with van der Waals surface area (Å²) >= 11 is 6.07. The topological polar surface area (TPSA) is 48.7 Å². The van der Waals surface area contributed by atoms with E-state index >= 15 is 0 Å². The molecule has 2 rings (SSSR count). The van der Waals surface area contributed by atoms with Crippen LogP contribution in [0.3, 0.4) is 0 Å². The molecule has 0 saturated carbocycles. The standard InChI is InChI=1S/C11H9ClO4/c1-14-8-4-3-7-6(10(8)12)5-9(16-7)11(13)15-2/h3-5H,1-2H3. The van der Waals surface area contributed by atoms with Crippen molar-refractivity contribution < 1.29 is 18.7 Å². The van der Waals surface area contributed by atoms with Crippen LogP contribution < -0.4 is 4.74 Å². The minimum atomic E-state index is -0.536. The van der Waals surface area contributed by atoms with E-state index in [9.17, 15) is 4.79 Å². The van der Waals surface area contributed by atoms with Gasteiger partial charge in [0.15, 0.2) is 0 Å². The molecule has 0 N–H and O–H groups in total. The Balaban J connectivity index is 2.62. The first-order valence-electron chi connectivity index (χ1n) is 4.51. The smallest absolute Gasteiger partial charge is 0.373 e. The molecule has 0 aliphatic carbocycles. The van der Waals surface area contributed by atoms with Crippen molar-refractivity contribution in [3.8, 4) is 5.75 Å². The van der Waals surface area contributed by atoms with E-state index in [0.29, 0.717) is 21.7 Å². The van der Waals surface area contributed by atoms with Gasteiger partial charge in [-0.05, 0) is 12.1 Å². The molecule has 1 aromatic carbocycles. The Morgan fingerprint density at radius 3 is 2.75 bits per heavy atom. The van der Waals surface area contributed by atoms with Crippen LogP contribution in [0.4, 0.5) is 0 Å². The summed E-state index contributed by atoms with van der Waals surface area (Å²) in [5.74, 6) is 0.116. The highest BCUT2D eigenvalue weighted by atomic mass is 35.5. The van der Waals surface area contributed by atoms with E-state index in [0.717, 1.165) is 0 Å². The molecule has 5 heteroatoms. The Labute approximate surface area is 96.7 Å². The number of carbonyl (C=O) groups excluding carboxylic acids is 1. The van der Waals surface area contributed by atoms with Crippen molar-refractivity contribution in [3.63, 3.8) is 0 Å². The molecule has 0 saturated heterocycles. The van der Waals surface area contributed by atoms with Crippen LogP contribution in [0, 0.1) is 0 Å². The van der Waals surface area contributed by atoms with Crippen LogP contribution in [-0.4, -0.2) is 20.2 Å². The second kappa shape index (κ2) is 4.06. The second-order valence-corrected chi connectivity index (χ2v) is 3.47. The zero-order valence-corrected chi connectivity index (χ0v) is 9.50. The number of furan rings is 1. The molecule has 0 amide bonds. The summed E-state index contributed by atoms with van der Waals surface area (Å²) in [6, 6.07) is 4.90. The molecule has 0 radical (unpaired) electrons. The first-order valence-corrected chi connectivity index (χ1v) is 4.89. The Morgan fingerprint density at radius 2 is 2.12 bits per heavy atom. The van der Waals surface area contributed by atoms with Gasteiger partial charge in [-0.3, -0.25) is 0 Å². The molecule has 0 spiro atoms. The largest absolute Gasteiger partial charge is 0.495 e. The number of hydrogen-bond acceptors (Lipinski definition) is 4. The van der Waals surface area contributed by atoms with Crippen molar-refractivity contribution in [1.82, 2.24) is 0 Å². The molecule has 0 aliphatic rings. The van der Waals surface area contributed by atoms with Gasteiger partial charge in [0.25, 0.3) is 0 Å². The predicted molar refractivity (Wildman–Crippen MR) is 59.1 cm³/mol. The lowest BCUT2D eigenvalue weighted by Gasteiger charge is -2.01. The highest BCUT2D eigenvalue weighted by Gasteiger charge is 2.16. The van der Waals surface area contributed by atoms with Crippen molar-refractivity contribution >= 4 is 28.5 Å². The summed E-state index contributed by atoms with van der Waals surface area (Å²) in [6.45, 7) is 0. The fraction of sp³-hybridized carbons (Fsp3) is 0.182. The van der Waals surface area contributed by atoms with Gasteiger partial charge in [0.2, 0.25) is 5.76 Å². The fourth-order valence-electron chi connectivity index (χ4n) is 1.42. The Hall–Kier alpha value is -1.68. The van der Waals surface area contributed by atoms with Gasteiger partial charge in [0.05, 0.1) is 19.2 Å². The highest BCUT2D eigenvalue weighted by Crippen LogP contribution is 2.34. The second-order valence-electron chi connectivity index (χ2n) is 3.10. The number of halogens is 1. The van der Waals surface area contributed by atoms with Crippen LogP contribution in [0.25, 0.3) is 11.0 Å². The van der Waals surface area contributed by atoms with Crippen LogP contribution in [0.15, 0.2) is 22.6 Å². The highest BCUT2D eigenvalue weighted by molar-refractivity contribution is 6.37. The van der Waals surface area contributed by atoms with Crippen molar-refractivity contribution in [3.05, 3.63) is 29.0 Å². The van der Waals surface area contributed by atoms with Crippen LogP contribution in [-0.2, 0) is 4.74 Å². The van der Waals surface area contributed by atoms with Gasteiger partial charge in [-0.1, -0.05) is 11.6 Å². The van der Waals surface area contributed by atoms with Crippen LogP contribution in [0.5, 0.6) is 5.75 Å². The SMILES string of the molecule is COC(=O)c1cc2c(Cl)c(OC)ccc2o1. The summed E-state index contributed by atoms with van der Waals surface area (Å²) in [4.78, 5) is 11.3. The zero-order valence-electron chi connectivity index (χ0n) is 8.74. The van der Waals surface area contributed by atoms with E-state index < -0.39 is 5.97 Å². The molecule has 0 fully saturated rings. The monoisotopic (exact) mass is 240 g/mol. The molecular formula is C11H9ClO4. The van der Waals surface area contributed by atoms with E-state index in [2.05, 4.69) is 4.74 Å². The minimum Gasteiger partial charge on any atom is -0.495 e. The molecule has 0 aliphatic heterocycles. The van der Waals surface area contributed by atoms with Crippen LogP contribution >= 0.6 is 11.6 Å². The van der Waals surface area contributed by atoms with Crippen molar-refractivity contribution in [2.45, 2.75) is 0 Å². The Morgan fingerprint density at radius 1 is 1.38 bits per heavy atom. The number of rotatable bonds is 2. The molecular weight excluding hydrogens is 232 g/mol. The maximum Gasteiger partial charge on any atom is 0.373 e. The van der Waals surface area contributed by atoms with Crippen molar-refractivity contribution in [2.75, 3.05) is 14.2 Å². The molecule has 16 heavy (non-hydrogen) atoms. The lowest BCUT2D eigenvalue weighted by Crippen LogP contribution is -1.97. The Kier molecular flexibility index (Phi) is 2.75. The van der Waals surface area contributed by atoms with Gasteiger partial charge in [0, 0.05) is 11.5 Å². The summed E-state index contributed by atoms with van der Waals surface area (Å²) in [5.41, 5.74) is 0.520. The van der Waals surface area contributed by atoms with Crippen LogP contribution in [0.2, 0.25) is 5.02 Å². The molecule has 0 unspecified atom stereocenters. The van der Waals surface area contributed by atoms with Gasteiger partial charge in [-0.15, -0.1) is 0 Å². The number of esters is 1. The van der Waals surface area contributed by atoms with Crippen LogP contribution in [0.1, 0.15) is 10.6 Å². The maximum atomic E-state index is 11.3. The lowest BCUT2D eigenvalue weighted by molar-refractivity contribution is 0.0567. The summed E-state index contributed by atoms with van der Waals surface area (Å²) in [6.07, 6.45) is 0. The van der Waals surface area contributed by atoms with Crippen molar-refractivity contribution in [1.29, 1.82) is 0 Å². The fourth-order valence-corrected chi connectivity index (χ4v) is 1.70. The normalized spacial score (nSPS) is 10.4. The molecule has 0 atom stereocenters. The third-order valence-corrected chi connectivity index (χ3v) is 2.60. The first-order chi connectivity index (χ1) is 7.67. The average molecular weight is 241 g/mol. The summed E-state index contributed by atoms with van der Waals surface area (Å²) < 4.78 is 14.9. The third-order valence-electron chi connectivity index (χ3n) is 2.21. The van der Waals surface area contributed by atoms with E-state index in [1.165, 1.54) is 20.3 Å². The number of methoxy groups -OCH3 is 2. The van der Waals surface area contributed by atoms with Gasteiger partial charge >= 0.3 is 5.97 Å². The van der Waals surface area contributed by atoms with E-state index in [1.807, 2.05) is 0 Å². The molecule has 84 valence electrons. The number of benzene rings is 1. The van der Waals surface area contributed by atoms with Gasteiger partial charge in [0.1, 0.15) is 11.3 Å². The molecule has 4 nitrogen and oxygen atoms in total. The quantitative estimate of drug-likeness (QED) is 0.758. The molecule has 1 aromatic heterocycles. The first kappa shape index (κ1) is 10.8. The maximum absolute atomic E-state index is 11.3. The third kappa shape index (κ3) is 1.61.